The number of fused-ring (bicyclic) bond motifs is 6. The lowest BCUT2D eigenvalue weighted by Crippen LogP contribution is -2.04. The van der Waals surface area contributed by atoms with Gasteiger partial charge in [-0.05, 0) is 47.9 Å². The van der Waals surface area contributed by atoms with Gasteiger partial charge in [0.15, 0.2) is 5.43 Å². The molecule has 5 nitrogen and oxygen atoms in total. The summed E-state index contributed by atoms with van der Waals surface area (Å²) in [4.78, 5) is 27.7. The Labute approximate surface area is 189 Å². The fourth-order valence-electron chi connectivity index (χ4n) is 4.36. The first-order valence-corrected chi connectivity index (χ1v) is 10.7. The molecule has 0 atom stereocenters. The van der Waals surface area contributed by atoms with Crippen molar-refractivity contribution in [3.8, 4) is 5.69 Å². The van der Waals surface area contributed by atoms with Crippen molar-refractivity contribution in [2.24, 2.45) is 0 Å². The predicted molar refractivity (Wildman–Crippen MR) is 133 cm³/mol. The number of hydrogen-bond donors (Lipinski definition) is 0. The van der Waals surface area contributed by atoms with Crippen molar-refractivity contribution >= 4 is 43.6 Å². The highest BCUT2D eigenvalue weighted by Gasteiger charge is 2.11. The molecule has 6 rings (SSSR count). The number of pyridine rings is 3. The van der Waals surface area contributed by atoms with Crippen LogP contribution in [-0.2, 0) is 0 Å². The van der Waals surface area contributed by atoms with E-state index in [1.54, 1.807) is 30.9 Å². The van der Waals surface area contributed by atoms with Crippen LogP contribution in [0.1, 0.15) is 0 Å². The molecule has 6 aromatic rings. The molecule has 4 heterocycles. The maximum absolute atomic E-state index is 13.8. The van der Waals surface area contributed by atoms with E-state index < -0.39 is 0 Å². The molecule has 0 fully saturated rings. The zero-order valence-electron chi connectivity index (χ0n) is 17.6. The first-order valence-electron chi connectivity index (χ1n) is 10.7. The molecule has 33 heavy (non-hydrogen) atoms. The molecule has 0 radical (unpaired) electrons. The van der Waals surface area contributed by atoms with E-state index in [1.807, 2.05) is 83.4 Å². The van der Waals surface area contributed by atoms with E-state index in [9.17, 15) is 4.79 Å². The van der Waals surface area contributed by atoms with Crippen LogP contribution in [0.5, 0.6) is 0 Å². The number of aromatic nitrogens is 4. The molecule has 0 saturated heterocycles. The van der Waals surface area contributed by atoms with Crippen molar-refractivity contribution in [1.29, 1.82) is 0 Å². The molecule has 0 aliphatic carbocycles. The maximum atomic E-state index is 13.8. The molecule has 0 N–H and O–H groups in total. The van der Waals surface area contributed by atoms with E-state index >= 15 is 0 Å². The van der Waals surface area contributed by atoms with E-state index in [1.165, 1.54) is 0 Å². The molecule has 2 aromatic carbocycles. The third kappa shape index (κ3) is 3.10. The summed E-state index contributed by atoms with van der Waals surface area (Å²) in [6, 6.07) is 27.2. The smallest absolute Gasteiger partial charge is 0.194 e. The summed E-state index contributed by atoms with van der Waals surface area (Å²) < 4.78 is 2.05. The van der Waals surface area contributed by atoms with E-state index in [0.29, 0.717) is 22.1 Å². The summed E-state index contributed by atoms with van der Waals surface area (Å²) in [5.74, 6) is 0. The van der Waals surface area contributed by atoms with Gasteiger partial charge in [0.2, 0.25) is 0 Å². The number of nitrogens with zero attached hydrogens (tertiary/aromatic N) is 4. The lowest BCUT2D eigenvalue weighted by Gasteiger charge is -2.13. The van der Waals surface area contributed by atoms with Gasteiger partial charge in [0.1, 0.15) is 11.3 Å². The topological polar surface area (TPSA) is 60.7 Å². The van der Waals surface area contributed by atoms with Crippen molar-refractivity contribution < 1.29 is 0 Å². The van der Waals surface area contributed by atoms with E-state index in [4.69, 9.17) is 9.97 Å². The number of rotatable bonds is 1. The van der Waals surface area contributed by atoms with Gasteiger partial charge in [0.25, 0.3) is 0 Å². The number of benzene rings is 2. The average Bonchev–Trinajstić information content (AvgIpc) is 2.89. The van der Waals surface area contributed by atoms with Crippen LogP contribution in [-0.4, -0.2) is 19.5 Å². The van der Waals surface area contributed by atoms with Gasteiger partial charge in [0.05, 0.1) is 0 Å². The standard InChI is InChI=1S/C28H18N4O/c33-26-21-11-5-4-10-20(21)23-12-6-15-30-27(23)32(19-8-2-1-3-9-19)28-24(13-7-16-31-28)25-18-29-17-14-22(25)26/h1-18H. The van der Waals surface area contributed by atoms with Gasteiger partial charge in [-0.15, -0.1) is 0 Å². The summed E-state index contributed by atoms with van der Waals surface area (Å²) >= 11 is 0. The lowest BCUT2D eigenvalue weighted by molar-refractivity contribution is 1.09. The average molecular weight is 426 g/mol. The minimum Gasteiger partial charge on any atom is -0.289 e. The van der Waals surface area contributed by atoms with Gasteiger partial charge < -0.3 is 0 Å². The highest BCUT2D eigenvalue weighted by molar-refractivity contribution is 6.09. The molecule has 0 aliphatic rings. The van der Waals surface area contributed by atoms with Crippen LogP contribution in [0.15, 0.2) is 115 Å². The van der Waals surface area contributed by atoms with Gasteiger partial charge >= 0.3 is 0 Å². The van der Waals surface area contributed by atoms with Gasteiger partial charge in [-0.3, -0.25) is 14.3 Å². The molecule has 0 amide bonds. The fourth-order valence-corrected chi connectivity index (χ4v) is 4.36. The molecular formula is C28H18N4O. The zero-order chi connectivity index (χ0) is 22.2. The summed E-state index contributed by atoms with van der Waals surface area (Å²) in [6.45, 7) is 0. The molecule has 0 aliphatic heterocycles. The minimum absolute atomic E-state index is 0.0548. The molecule has 0 bridgehead atoms. The number of para-hydroxylation sites is 1. The third-order valence-corrected chi connectivity index (χ3v) is 5.83. The second kappa shape index (κ2) is 7.80. The lowest BCUT2D eigenvalue weighted by atomic mass is 10.1. The molecular weight excluding hydrogens is 408 g/mol. The SMILES string of the molecule is O=c1c2ccccc2c2cccnc2n(-c2ccccc2)c2ncccc2c2cnccc12. The first-order chi connectivity index (χ1) is 16.3. The van der Waals surface area contributed by atoms with Crippen LogP contribution in [0.25, 0.3) is 49.3 Å². The second-order valence-corrected chi connectivity index (χ2v) is 7.72. The second-order valence-electron chi connectivity index (χ2n) is 7.72. The van der Waals surface area contributed by atoms with Crippen molar-refractivity contribution in [2.45, 2.75) is 0 Å². The minimum atomic E-state index is -0.0548. The van der Waals surface area contributed by atoms with E-state index in [2.05, 4.69) is 4.98 Å². The molecule has 0 unspecified atom stereocenters. The van der Waals surface area contributed by atoms with Crippen molar-refractivity contribution in [2.75, 3.05) is 0 Å². The fraction of sp³-hybridized carbons (Fsp3) is 0. The summed E-state index contributed by atoms with van der Waals surface area (Å²) in [7, 11) is 0. The predicted octanol–water partition coefficient (Wildman–Crippen LogP) is 5.76. The Bertz CT molecular complexity index is 1680. The zero-order valence-corrected chi connectivity index (χ0v) is 17.6. The van der Waals surface area contributed by atoms with Crippen LogP contribution < -0.4 is 5.43 Å². The maximum Gasteiger partial charge on any atom is 0.194 e. The Balaban J connectivity index is 2.09. The quantitative estimate of drug-likeness (QED) is 0.335. The molecule has 0 spiro atoms. The van der Waals surface area contributed by atoms with Crippen LogP contribution >= 0.6 is 0 Å². The van der Waals surface area contributed by atoms with Crippen LogP contribution in [0.2, 0.25) is 0 Å². The van der Waals surface area contributed by atoms with Gasteiger partial charge in [0, 0.05) is 57.4 Å². The Morgan fingerprint density at radius 2 is 1.09 bits per heavy atom. The first kappa shape index (κ1) is 19.1. The highest BCUT2D eigenvalue weighted by Crippen LogP contribution is 2.27. The van der Waals surface area contributed by atoms with Crippen molar-refractivity contribution in [3.05, 3.63) is 120 Å². The third-order valence-electron chi connectivity index (χ3n) is 5.83. The largest absolute Gasteiger partial charge is 0.289 e. The molecule has 5 heteroatoms. The Kier molecular flexibility index (Phi) is 4.51. The van der Waals surface area contributed by atoms with Gasteiger partial charge in [-0.2, -0.15) is 0 Å². The van der Waals surface area contributed by atoms with Gasteiger partial charge in [-0.25, -0.2) is 9.97 Å². The van der Waals surface area contributed by atoms with Crippen LogP contribution in [0.3, 0.4) is 0 Å². The molecule has 4 aromatic heterocycles. The van der Waals surface area contributed by atoms with Crippen molar-refractivity contribution in [3.63, 3.8) is 0 Å². The van der Waals surface area contributed by atoms with Crippen LogP contribution in [0.4, 0.5) is 0 Å². The van der Waals surface area contributed by atoms with Crippen molar-refractivity contribution in [1.82, 2.24) is 19.5 Å². The highest BCUT2D eigenvalue weighted by atomic mass is 16.1. The van der Waals surface area contributed by atoms with E-state index in [-0.39, 0.29) is 5.43 Å². The number of hydrogen-bond acceptors (Lipinski definition) is 4. The summed E-state index contributed by atoms with van der Waals surface area (Å²) in [5.41, 5.74) is 2.26. The molecule has 0 saturated carbocycles. The Hall–Kier alpha value is -4.64. The summed E-state index contributed by atoms with van der Waals surface area (Å²) in [6.07, 6.45) is 6.92. The van der Waals surface area contributed by atoms with Crippen LogP contribution in [0, 0.1) is 0 Å². The Morgan fingerprint density at radius 3 is 1.82 bits per heavy atom. The normalized spacial score (nSPS) is 11.2. The monoisotopic (exact) mass is 426 g/mol. The van der Waals surface area contributed by atoms with E-state index in [0.717, 1.165) is 27.2 Å². The summed E-state index contributed by atoms with van der Waals surface area (Å²) in [5, 5.41) is 4.45. The van der Waals surface area contributed by atoms with Gasteiger partial charge in [-0.1, -0.05) is 42.5 Å². The Morgan fingerprint density at radius 1 is 0.515 bits per heavy atom. The molecule has 156 valence electrons.